The maximum absolute atomic E-state index is 12.9. The van der Waals surface area contributed by atoms with Crippen LogP contribution in [0.4, 0.5) is 0 Å². The largest absolute Gasteiger partial charge is 0.496 e. The number of sulfonamides is 1. The molecule has 0 aliphatic rings. The third kappa shape index (κ3) is 4.02. The maximum atomic E-state index is 12.9. The minimum absolute atomic E-state index is 0.210. The molecule has 3 aromatic rings. The Hall–Kier alpha value is -2.29. The number of nitrogens with zero attached hydrogens (tertiary/aromatic N) is 2. The van der Waals surface area contributed by atoms with E-state index in [9.17, 15) is 8.42 Å². The van der Waals surface area contributed by atoms with E-state index < -0.39 is 10.0 Å². The van der Waals surface area contributed by atoms with Gasteiger partial charge in [0.05, 0.1) is 12.0 Å². The second kappa shape index (κ2) is 7.75. The van der Waals surface area contributed by atoms with Crippen molar-refractivity contribution in [1.82, 2.24) is 14.3 Å². The lowest BCUT2D eigenvalue weighted by Crippen LogP contribution is -2.25. The van der Waals surface area contributed by atoms with Crippen LogP contribution in [0, 0.1) is 20.8 Å². The van der Waals surface area contributed by atoms with Crippen molar-refractivity contribution < 1.29 is 13.2 Å². The molecule has 27 heavy (non-hydrogen) atoms. The molecule has 0 radical (unpaired) electrons. The molecule has 0 saturated carbocycles. The van der Waals surface area contributed by atoms with Crippen LogP contribution in [0.15, 0.2) is 40.6 Å². The van der Waals surface area contributed by atoms with E-state index in [1.807, 2.05) is 36.6 Å². The van der Waals surface area contributed by atoms with E-state index in [1.54, 1.807) is 27.0 Å². The lowest BCUT2D eigenvalue weighted by Gasteiger charge is -2.16. The van der Waals surface area contributed by atoms with Crippen molar-refractivity contribution in [3.05, 3.63) is 58.0 Å². The Labute approximate surface area is 163 Å². The van der Waals surface area contributed by atoms with Crippen molar-refractivity contribution in [1.29, 1.82) is 0 Å². The summed E-state index contributed by atoms with van der Waals surface area (Å²) in [5.74, 6) is 0.691. The summed E-state index contributed by atoms with van der Waals surface area (Å²) in [5, 5.41) is 5.90. The Balaban J connectivity index is 1.81. The number of hydrogen-bond donors (Lipinski definition) is 1. The minimum Gasteiger partial charge on any atom is -0.496 e. The van der Waals surface area contributed by atoms with Crippen LogP contribution < -0.4 is 9.46 Å². The Kier molecular flexibility index (Phi) is 5.59. The van der Waals surface area contributed by atoms with Crippen molar-refractivity contribution in [3.8, 4) is 17.0 Å². The van der Waals surface area contributed by atoms with Crippen LogP contribution in [0.3, 0.4) is 0 Å². The number of hydrogen-bond acceptors (Lipinski definition) is 6. The fourth-order valence-corrected chi connectivity index (χ4v) is 4.99. The van der Waals surface area contributed by atoms with Crippen LogP contribution in [0.2, 0.25) is 0 Å². The van der Waals surface area contributed by atoms with E-state index in [4.69, 9.17) is 4.74 Å². The van der Waals surface area contributed by atoms with Gasteiger partial charge in [-0.25, -0.2) is 13.1 Å². The summed E-state index contributed by atoms with van der Waals surface area (Å²) in [5.41, 5.74) is 4.82. The van der Waals surface area contributed by atoms with E-state index >= 15 is 0 Å². The third-order valence-corrected chi connectivity index (χ3v) is 6.74. The first kappa shape index (κ1) is 19.5. The smallest absolute Gasteiger partial charge is 0.241 e. The average Bonchev–Trinajstić information content (AvgIpc) is 3.18. The fraction of sp³-hybridized carbons (Fsp3) is 0.263. The molecule has 2 aromatic carbocycles. The quantitative estimate of drug-likeness (QED) is 0.680. The standard InChI is InChI=1S/C19H21N3O3S2/c1-12-9-18(25-4)13(2)14(3)19(12)27(23,24)20-10-15-5-7-16(8-6-15)17-11-26-22-21-17/h5-9,11,20H,10H2,1-4H3. The van der Waals surface area contributed by atoms with Crippen molar-refractivity contribution in [3.63, 3.8) is 0 Å². The highest BCUT2D eigenvalue weighted by Crippen LogP contribution is 2.30. The molecule has 1 heterocycles. The summed E-state index contributed by atoms with van der Waals surface area (Å²) in [7, 11) is -2.06. The summed E-state index contributed by atoms with van der Waals surface area (Å²) in [6.07, 6.45) is 0. The number of ether oxygens (including phenoxy) is 1. The summed E-state index contributed by atoms with van der Waals surface area (Å²) >= 11 is 1.29. The predicted molar refractivity (Wildman–Crippen MR) is 107 cm³/mol. The number of aromatic nitrogens is 2. The van der Waals surface area contributed by atoms with Gasteiger partial charge in [0, 0.05) is 17.5 Å². The van der Waals surface area contributed by atoms with E-state index in [1.165, 1.54) is 11.5 Å². The van der Waals surface area contributed by atoms with E-state index in [0.717, 1.165) is 22.4 Å². The molecule has 0 atom stereocenters. The molecule has 0 saturated heterocycles. The second-order valence-corrected chi connectivity index (χ2v) is 8.60. The van der Waals surface area contributed by atoms with Gasteiger partial charge in [0.25, 0.3) is 0 Å². The van der Waals surface area contributed by atoms with Gasteiger partial charge in [-0.1, -0.05) is 28.8 Å². The van der Waals surface area contributed by atoms with E-state index in [0.29, 0.717) is 21.8 Å². The molecule has 8 heteroatoms. The number of nitrogens with one attached hydrogen (secondary N) is 1. The zero-order chi connectivity index (χ0) is 19.6. The molecule has 1 aromatic heterocycles. The van der Waals surface area contributed by atoms with Gasteiger partial charge in [0.2, 0.25) is 10.0 Å². The highest BCUT2D eigenvalue weighted by Gasteiger charge is 2.22. The zero-order valence-corrected chi connectivity index (χ0v) is 17.2. The van der Waals surface area contributed by atoms with E-state index in [2.05, 4.69) is 14.3 Å². The van der Waals surface area contributed by atoms with Crippen molar-refractivity contribution in [2.45, 2.75) is 32.2 Å². The minimum atomic E-state index is -3.65. The molecule has 1 N–H and O–H groups in total. The topological polar surface area (TPSA) is 81.2 Å². The average molecular weight is 404 g/mol. The molecular weight excluding hydrogens is 382 g/mol. The summed E-state index contributed by atoms with van der Waals surface area (Å²) in [6.45, 7) is 5.65. The Morgan fingerprint density at radius 1 is 1.11 bits per heavy atom. The first-order valence-corrected chi connectivity index (χ1v) is 10.7. The molecular formula is C19H21N3O3S2. The van der Waals surface area contributed by atoms with Gasteiger partial charge in [-0.05, 0) is 60.6 Å². The van der Waals surface area contributed by atoms with Crippen LogP contribution >= 0.6 is 11.5 Å². The SMILES string of the molecule is COc1cc(C)c(S(=O)(=O)NCc2ccc(-c3csnn3)cc2)c(C)c1C. The maximum Gasteiger partial charge on any atom is 0.241 e. The lowest BCUT2D eigenvalue weighted by molar-refractivity contribution is 0.410. The predicted octanol–water partition coefficient (Wildman–Crippen LogP) is 3.62. The molecule has 142 valence electrons. The molecule has 6 nitrogen and oxygen atoms in total. The van der Waals surface area contributed by atoms with Crippen LogP contribution in [-0.2, 0) is 16.6 Å². The molecule has 0 amide bonds. The lowest BCUT2D eigenvalue weighted by atomic mass is 10.1. The number of aryl methyl sites for hydroxylation is 1. The van der Waals surface area contributed by atoms with Crippen molar-refractivity contribution in [2.24, 2.45) is 0 Å². The molecule has 0 spiro atoms. The Morgan fingerprint density at radius 3 is 2.41 bits per heavy atom. The zero-order valence-electron chi connectivity index (χ0n) is 15.6. The second-order valence-electron chi connectivity index (χ2n) is 6.29. The molecule has 3 rings (SSSR count). The third-order valence-electron chi connectivity index (χ3n) is 4.54. The van der Waals surface area contributed by atoms with Gasteiger partial charge < -0.3 is 4.74 Å². The van der Waals surface area contributed by atoms with Gasteiger partial charge >= 0.3 is 0 Å². The summed E-state index contributed by atoms with van der Waals surface area (Å²) in [4.78, 5) is 0.311. The first-order chi connectivity index (χ1) is 12.8. The van der Waals surface area contributed by atoms with Crippen LogP contribution in [-0.4, -0.2) is 25.1 Å². The Morgan fingerprint density at radius 2 is 1.81 bits per heavy atom. The fourth-order valence-electron chi connectivity index (χ4n) is 2.98. The monoisotopic (exact) mass is 403 g/mol. The van der Waals surface area contributed by atoms with Crippen molar-refractivity contribution >= 4 is 21.6 Å². The molecule has 0 aliphatic heterocycles. The summed E-state index contributed by atoms with van der Waals surface area (Å²) in [6, 6.07) is 9.35. The van der Waals surface area contributed by atoms with Gasteiger partial charge in [0.15, 0.2) is 0 Å². The van der Waals surface area contributed by atoms with Crippen LogP contribution in [0.25, 0.3) is 11.3 Å². The molecule has 0 fully saturated rings. The van der Waals surface area contributed by atoms with Gasteiger partial charge in [-0.3, -0.25) is 0 Å². The number of benzene rings is 2. The van der Waals surface area contributed by atoms with Crippen molar-refractivity contribution in [2.75, 3.05) is 7.11 Å². The number of rotatable bonds is 6. The highest BCUT2D eigenvalue weighted by molar-refractivity contribution is 7.89. The number of methoxy groups -OCH3 is 1. The summed E-state index contributed by atoms with van der Waals surface area (Å²) < 4.78 is 37.6. The van der Waals surface area contributed by atoms with E-state index in [-0.39, 0.29) is 6.54 Å². The Bertz CT molecular complexity index is 1040. The molecule has 0 bridgehead atoms. The van der Waals surface area contributed by atoms with Crippen LogP contribution in [0.5, 0.6) is 5.75 Å². The van der Waals surface area contributed by atoms with Gasteiger partial charge in [-0.15, -0.1) is 5.10 Å². The highest BCUT2D eigenvalue weighted by atomic mass is 32.2. The first-order valence-electron chi connectivity index (χ1n) is 8.34. The van der Waals surface area contributed by atoms with Gasteiger partial charge in [-0.2, -0.15) is 0 Å². The van der Waals surface area contributed by atoms with Gasteiger partial charge in [0.1, 0.15) is 11.4 Å². The molecule has 0 unspecified atom stereocenters. The van der Waals surface area contributed by atoms with Crippen LogP contribution in [0.1, 0.15) is 22.3 Å². The molecule has 0 aliphatic carbocycles. The normalized spacial score (nSPS) is 11.6.